The Labute approximate surface area is 112 Å². The van der Waals surface area contributed by atoms with E-state index in [-0.39, 0.29) is 0 Å². The molecule has 1 atom stereocenters. The maximum absolute atomic E-state index is 11.8. The molecule has 1 saturated heterocycles. The molecule has 0 amide bonds. The molecule has 1 aromatic carbocycles. The molecule has 19 heavy (non-hydrogen) atoms. The van der Waals surface area contributed by atoms with Gasteiger partial charge in [0.25, 0.3) is 0 Å². The predicted molar refractivity (Wildman–Crippen MR) is 70.4 cm³/mol. The maximum Gasteiger partial charge on any atom is 0.328 e. The molecule has 5 heteroatoms. The molecule has 0 bridgehead atoms. The fourth-order valence-electron chi connectivity index (χ4n) is 2.37. The number of morpholine rings is 1. The Morgan fingerprint density at radius 1 is 1.32 bits per heavy atom. The highest BCUT2D eigenvalue weighted by molar-refractivity contribution is 5.80. The molecule has 0 aliphatic carbocycles. The Hall–Kier alpha value is -1.59. The van der Waals surface area contributed by atoms with E-state index in [1.807, 2.05) is 17.0 Å². The van der Waals surface area contributed by atoms with Gasteiger partial charge >= 0.3 is 5.97 Å². The number of benzene rings is 1. The van der Waals surface area contributed by atoms with E-state index in [4.69, 9.17) is 9.47 Å². The smallest absolute Gasteiger partial charge is 0.328 e. The van der Waals surface area contributed by atoms with E-state index in [1.54, 1.807) is 26.2 Å². The fourth-order valence-corrected chi connectivity index (χ4v) is 2.37. The number of hydrogen-bond donors (Lipinski definition) is 1. The fraction of sp³-hybridized carbons (Fsp3) is 0.500. The Bertz CT molecular complexity index is 439. The molecular formula is C14H19NO4. The van der Waals surface area contributed by atoms with Crippen LogP contribution in [-0.2, 0) is 15.1 Å². The minimum absolute atomic E-state index is 0.568. The molecule has 0 aromatic heterocycles. The van der Waals surface area contributed by atoms with Crippen LogP contribution in [0.15, 0.2) is 24.3 Å². The van der Waals surface area contributed by atoms with Crippen LogP contribution in [-0.4, -0.2) is 49.4 Å². The molecule has 1 aliphatic rings. The number of carbonyl (C=O) groups is 1. The summed E-state index contributed by atoms with van der Waals surface area (Å²) >= 11 is 0. The van der Waals surface area contributed by atoms with Gasteiger partial charge in [-0.05, 0) is 24.6 Å². The largest absolute Gasteiger partial charge is 0.497 e. The summed E-state index contributed by atoms with van der Waals surface area (Å²) < 4.78 is 10.4. The van der Waals surface area contributed by atoms with Crippen molar-refractivity contribution in [2.24, 2.45) is 0 Å². The molecule has 0 saturated carbocycles. The van der Waals surface area contributed by atoms with Gasteiger partial charge in [-0.2, -0.15) is 0 Å². The van der Waals surface area contributed by atoms with Crippen LogP contribution in [0.25, 0.3) is 0 Å². The monoisotopic (exact) mass is 265 g/mol. The third-order valence-corrected chi connectivity index (χ3v) is 3.71. The molecule has 2 rings (SSSR count). The van der Waals surface area contributed by atoms with E-state index >= 15 is 0 Å². The molecule has 1 heterocycles. The van der Waals surface area contributed by atoms with Gasteiger partial charge in [-0.15, -0.1) is 0 Å². The average Bonchev–Trinajstić information content (AvgIpc) is 2.47. The van der Waals surface area contributed by atoms with E-state index in [2.05, 4.69) is 0 Å². The van der Waals surface area contributed by atoms with Gasteiger partial charge in [0, 0.05) is 13.1 Å². The Morgan fingerprint density at radius 2 is 1.89 bits per heavy atom. The van der Waals surface area contributed by atoms with Crippen molar-refractivity contribution in [3.05, 3.63) is 29.8 Å². The van der Waals surface area contributed by atoms with Crippen LogP contribution < -0.4 is 4.74 Å². The molecule has 1 unspecified atom stereocenters. The summed E-state index contributed by atoms with van der Waals surface area (Å²) in [5, 5.41) is 9.65. The number of rotatable bonds is 4. The second-order valence-electron chi connectivity index (χ2n) is 4.71. The van der Waals surface area contributed by atoms with Gasteiger partial charge in [0.05, 0.1) is 20.3 Å². The topological polar surface area (TPSA) is 59.0 Å². The Balaban J connectivity index is 2.33. The first-order chi connectivity index (χ1) is 9.09. The van der Waals surface area contributed by atoms with Crippen molar-refractivity contribution in [3.8, 4) is 5.75 Å². The minimum Gasteiger partial charge on any atom is -0.497 e. The van der Waals surface area contributed by atoms with Crippen molar-refractivity contribution >= 4 is 5.97 Å². The van der Waals surface area contributed by atoms with Crippen LogP contribution in [0.3, 0.4) is 0 Å². The number of hydrogen-bond acceptors (Lipinski definition) is 4. The number of aliphatic carboxylic acids is 1. The SMILES string of the molecule is COc1ccc(C(C)(C(=O)O)N2CCOCC2)cc1. The van der Waals surface area contributed by atoms with Crippen molar-refractivity contribution in [3.63, 3.8) is 0 Å². The number of carboxylic acids is 1. The zero-order chi connectivity index (χ0) is 13.9. The zero-order valence-corrected chi connectivity index (χ0v) is 11.3. The van der Waals surface area contributed by atoms with Gasteiger partial charge in [-0.3, -0.25) is 4.90 Å². The molecule has 0 spiro atoms. The molecule has 104 valence electrons. The first-order valence-corrected chi connectivity index (χ1v) is 6.29. The number of methoxy groups -OCH3 is 1. The normalized spacial score (nSPS) is 19.7. The van der Waals surface area contributed by atoms with E-state index in [0.717, 1.165) is 11.3 Å². The molecule has 1 fully saturated rings. The minimum atomic E-state index is -1.03. The summed E-state index contributed by atoms with van der Waals surface area (Å²) in [4.78, 5) is 13.7. The van der Waals surface area contributed by atoms with E-state index in [0.29, 0.717) is 26.3 Å². The molecule has 1 N–H and O–H groups in total. The highest BCUT2D eigenvalue weighted by Gasteiger charge is 2.41. The van der Waals surface area contributed by atoms with Gasteiger partial charge in [0.2, 0.25) is 0 Å². The van der Waals surface area contributed by atoms with E-state index in [9.17, 15) is 9.90 Å². The molecule has 1 aromatic rings. The maximum atomic E-state index is 11.8. The summed E-state index contributed by atoms with van der Waals surface area (Å²) in [5.41, 5.74) is -0.279. The third kappa shape index (κ3) is 2.57. The van der Waals surface area contributed by atoms with Crippen LogP contribution >= 0.6 is 0 Å². The van der Waals surface area contributed by atoms with Crippen LogP contribution in [0.5, 0.6) is 5.75 Å². The van der Waals surface area contributed by atoms with E-state index in [1.165, 1.54) is 0 Å². The van der Waals surface area contributed by atoms with Gasteiger partial charge in [0.15, 0.2) is 0 Å². The number of ether oxygens (including phenoxy) is 2. The summed E-state index contributed by atoms with van der Waals surface area (Å²) in [6.07, 6.45) is 0. The Kier molecular flexibility index (Phi) is 4.07. The van der Waals surface area contributed by atoms with Crippen molar-refractivity contribution in [1.82, 2.24) is 4.90 Å². The zero-order valence-electron chi connectivity index (χ0n) is 11.3. The van der Waals surface area contributed by atoms with E-state index < -0.39 is 11.5 Å². The highest BCUT2D eigenvalue weighted by atomic mass is 16.5. The van der Waals surface area contributed by atoms with Crippen LogP contribution in [0.4, 0.5) is 0 Å². The van der Waals surface area contributed by atoms with Crippen molar-refractivity contribution < 1.29 is 19.4 Å². The first kappa shape index (κ1) is 13.8. The standard InChI is InChI=1S/C14H19NO4/c1-14(13(16)17,15-7-9-19-10-8-15)11-3-5-12(18-2)6-4-11/h3-6H,7-10H2,1-2H3,(H,16,17). The highest BCUT2D eigenvalue weighted by Crippen LogP contribution is 2.30. The lowest BCUT2D eigenvalue weighted by Gasteiger charge is -2.40. The molecule has 5 nitrogen and oxygen atoms in total. The second-order valence-corrected chi connectivity index (χ2v) is 4.71. The lowest BCUT2D eigenvalue weighted by Crippen LogP contribution is -2.54. The van der Waals surface area contributed by atoms with Crippen molar-refractivity contribution in [1.29, 1.82) is 0 Å². The summed E-state index contributed by atoms with van der Waals surface area (Å²) in [5.74, 6) is -0.127. The summed E-state index contributed by atoms with van der Waals surface area (Å²) in [6, 6.07) is 7.19. The van der Waals surface area contributed by atoms with Crippen LogP contribution in [0.2, 0.25) is 0 Å². The second kappa shape index (κ2) is 5.59. The quantitative estimate of drug-likeness (QED) is 0.890. The summed E-state index contributed by atoms with van der Waals surface area (Å²) in [7, 11) is 1.59. The first-order valence-electron chi connectivity index (χ1n) is 6.29. The molecule has 1 aliphatic heterocycles. The number of carboxylic acid groups (broad SMARTS) is 1. The predicted octanol–water partition coefficient (Wildman–Crippen LogP) is 1.33. The third-order valence-electron chi connectivity index (χ3n) is 3.71. The van der Waals surface area contributed by atoms with Crippen molar-refractivity contribution in [2.75, 3.05) is 33.4 Å². The van der Waals surface area contributed by atoms with Crippen LogP contribution in [0.1, 0.15) is 12.5 Å². The Morgan fingerprint density at radius 3 is 2.37 bits per heavy atom. The average molecular weight is 265 g/mol. The lowest BCUT2D eigenvalue weighted by molar-refractivity contribution is -0.154. The summed E-state index contributed by atoms with van der Waals surface area (Å²) in [6.45, 7) is 4.12. The van der Waals surface area contributed by atoms with Crippen molar-refractivity contribution in [2.45, 2.75) is 12.5 Å². The van der Waals surface area contributed by atoms with Gasteiger partial charge in [-0.25, -0.2) is 4.79 Å². The number of nitrogens with zero attached hydrogens (tertiary/aromatic N) is 1. The molecule has 0 radical (unpaired) electrons. The molecular weight excluding hydrogens is 246 g/mol. The lowest BCUT2D eigenvalue weighted by atomic mass is 9.89. The van der Waals surface area contributed by atoms with Crippen LogP contribution in [0, 0.1) is 0 Å². The van der Waals surface area contributed by atoms with Gasteiger partial charge in [-0.1, -0.05) is 12.1 Å². The van der Waals surface area contributed by atoms with Gasteiger partial charge in [0.1, 0.15) is 11.3 Å². The van der Waals surface area contributed by atoms with Gasteiger partial charge < -0.3 is 14.6 Å².